The van der Waals surface area contributed by atoms with Crippen LogP contribution in [0.25, 0.3) is 0 Å². The first kappa shape index (κ1) is 19.6. The van der Waals surface area contributed by atoms with Crippen LogP contribution in [-0.4, -0.2) is 32.6 Å². The first-order valence-electron chi connectivity index (χ1n) is 7.85. The van der Waals surface area contributed by atoms with Crippen LogP contribution in [0.3, 0.4) is 0 Å². The number of esters is 1. The lowest BCUT2D eigenvalue weighted by Crippen LogP contribution is -2.30. The van der Waals surface area contributed by atoms with Gasteiger partial charge in [0.15, 0.2) is 11.5 Å². The zero-order valence-corrected chi connectivity index (χ0v) is 15.6. The molecule has 0 heterocycles. The van der Waals surface area contributed by atoms with E-state index in [1.807, 2.05) is 13.0 Å². The SMILES string of the molecule is COc1cc(C)c(COC(=O)CNC(=O)c2ccc(Cl)cc2)cc1OC. The number of halogens is 1. The van der Waals surface area contributed by atoms with Gasteiger partial charge >= 0.3 is 5.97 Å². The van der Waals surface area contributed by atoms with E-state index in [0.717, 1.165) is 11.1 Å². The molecule has 0 aromatic heterocycles. The summed E-state index contributed by atoms with van der Waals surface area (Å²) in [7, 11) is 3.09. The second kappa shape index (κ2) is 9.10. The van der Waals surface area contributed by atoms with Crippen molar-refractivity contribution in [2.75, 3.05) is 20.8 Å². The van der Waals surface area contributed by atoms with Gasteiger partial charge in [-0.3, -0.25) is 9.59 Å². The Kier molecular flexibility index (Phi) is 6.86. The summed E-state index contributed by atoms with van der Waals surface area (Å²) in [5.74, 6) is 0.248. The summed E-state index contributed by atoms with van der Waals surface area (Å²) in [6, 6.07) is 9.94. The molecule has 6 nitrogen and oxygen atoms in total. The summed E-state index contributed by atoms with van der Waals surface area (Å²) >= 11 is 5.77. The Bertz CT molecular complexity index is 789. The minimum Gasteiger partial charge on any atom is -0.493 e. The second-order valence-electron chi connectivity index (χ2n) is 5.48. The van der Waals surface area contributed by atoms with E-state index in [1.165, 1.54) is 7.11 Å². The highest BCUT2D eigenvalue weighted by Gasteiger charge is 2.12. The number of nitrogens with one attached hydrogen (secondary N) is 1. The number of amides is 1. The molecule has 0 radical (unpaired) electrons. The number of methoxy groups -OCH3 is 2. The molecule has 1 amide bonds. The lowest BCUT2D eigenvalue weighted by atomic mass is 10.1. The Morgan fingerprint density at radius 2 is 1.65 bits per heavy atom. The zero-order chi connectivity index (χ0) is 19.1. The van der Waals surface area contributed by atoms with Crippen LogP contribution in [0, 0.1) is 6.92 Å². The fourth-order valence-electron chi connectivity index (χ4n) is 2.24. The summed E-state index contributed by atoms with van der Waals surface area (Å²) in [6.07, 6.45) is 0. The number of carbonyl (C=O) groups excluding carboxylic acids is 2. The number of hydrogen-bond donors (Lipinski definition) is 1. The highest BCUT2D eigenvalue weighted by Crippen LogP contribution is 2.30. The topological polar surface area (TPSA) is 73.9 Å². The van der Waals surface area contributed by atoms with E-state index in [9.17, 15) is 9.59 Å². The van der Waals surface area contributed by atoms with Crippen LogP contribution < -0.4 is 14.8 Å². The van der Waals surface area contributed by atoms with Crippen molar-refractivity contribution in [3.63, 3.8) is 0 Å². The maximum atomic E-state index is 12.0. The first-order chi connectivity index (χ1) is 12.4. The molecule has 0 fully saturated rings. The molecule has 0 aliphatic rings. The summed E-state index contributed by atoms with van der Waals surface area (Å²) < 4.78 is 15.7. The Balaban J connectivity index is 1.89. The van der Waals surface area contributed by atoms with Crippen LogP contribution in [0.4, 0.5) is 0 Å². The van der Waals surface area contributed by atoms with Crippen LogP contribution in [0.5, 0.6) is 11.5 Å². The Hall–Kier alpha value is -2.73. The Labute approximate surface area is 157 Å². The minimum atomic E-state index is -0.540. The normalized spacial score (nSPS) is 10.2. The third-order valence-electron chi connectivity index (χ3n) is 3.73. The van der Waals surface area contributed by atoms with Crippen LogP contribution in [0.1, 0.15) is 21.5 Å². The van der Waals surface area contributed by atoms with Crippen LogP contribution in [0.15, 0.2) is 36.4 Å². The third-order valence-corrected chi connectivity index (χ3v) is 3.98. The maximum Gasteiger partial charge on any atom is 0.325 e. The summed E-state index contributed by atoms with van der Waals surface area (Å²) in [6.45, 7) is 1.73. The standard InChI is InChI=1S/C19H20ClNO5/c1-12-8-16(24-2)17(25-3)9-14(12)11-26-18(22)10-21-19(23)13-4-6-15(20)7-5-13/h4-9H,10-11H2,1-3H3,(H,21,23). The van der Waals surface area contributed by atoms with Crippen molar-refractivity contribution in [2.24, 2.45) is 0 Å². The first-order valence-corrected chi connectivity index (χ1v) is 8.23. The van der Waals surface area contributed by atoms with Crippen molar-refractivity contribution >= 4 is 23.5 Å². The van der Waals surface area contributed by atoms with Gasteiger partial charge in [0, 0.05) is 10.6 Å². The van der Waals surface area contributed by atoms with Crippen LogP contribution in [0.2, 0.25) is 5.02 Å². The van der Waals surface area contributed by atoms with Crippen molar-refractivity contribution in [1.29, 1.82) is 0 Å². The predicted octanol–water partition coefficient (Wildman–Crippen LogP) is 3.14. The van der Waals surface area contributed by atoms with Gasteiger partial charge < -0.3 is 19.5 Å². The summed E-state index contributed by atoms with van der Waals surface area (Å²) in [5.41, 5.74) is 2.11. The van der Waals surface area contributed by atoms with E-state index in [2.05, 4.69) is 5.32 Å². The molecule has 1 N–H and O–H groups in total. The van der Waals surface area contributed by atoms with Gasteiger partial charge in [-0.1, -0.05) is 11.6 Å². The largest absolute Gasteiger partial charge is 0.493 e. The Morgan fingerprint density at radius 3 is 2.27 bits per heavy atom. The molecule has 138 valence electrons. The van der Waals surface area contributed by atoms with E-state index in [-0.39, 0.29) is 19.1 Å². The number of rotatable bonds is 7. The van der Waals surface area contributed by atoms with E-state index in [4.69, 9.17) is 25.8 Å². The molecule has 0 aliphatic carbocycles. The minimum absolute atomic E-state index is 0.0713. The van der Waals surface area contributed by atoms with Crippen LogP contribution in [-0.2, 0) is 16.1 Å². The molecule has 0 bridgehead atoms. The van der Waals surface area contributed by atoms with Crippen LogP contribution >= 0.6 is 11.6 Å². The number of hydrogen-bond acceptors (Lipinski definition) is 5. The van der Waals surface area contributed by atoms with E-state index in [0.29, 0.717) is 22.1 Å². The van der Waals surface area contributed by atoms with Gasteiger partial charge in [-0.05, 0) is 54.4 Å². The molecule has 0 saturated carbocycles. The second-order valence-corrected chi connectivity index (χ2v) is 5.92. The van der Waals surface area contributed by atoms with Crippen molar-refractivity contribution < 1.29 is 23.8 Å². The smallest absolute Gasteiger partial charge is 0.325 e. The molecule has 26 heavy (non-hydrogen) atoms. The molecular weight excluding hydrogens is 358 g/mol. The van der Waals surface area contributed by atoms with Gasteiger partial charge in [-0.25, -0.2) is 0 Å². The molecule has 0 unspecified atom stereocenters. The average Bonchev–Trinajstić information content (AvgIpc) is 2.65. The van der Waals surface area contributed by atoms with Gasteiger partial charge in [-0.2, -0.15) is 0 Å². The fraction of sp³-hybridized carbons (Fsp3) is 0.263. The maximum absolute atomic E-state index is 12.0. The third kappa shape index (κ3) is 5.13. The fourth-order valence-corrected chi connectivity index (χ4v) is 2.37. The zero-order valence-electron chi connectivity index (χ0n) is 14.8. The molecule has 0 aliphatic heterocycles. The highest BCUT2D eigenvalue weighted by atomic mass is 35.5. The van der Waals surface area contributed by atoms with Gasteiger partial charge in [0.05, 0.1) is 14.2 Å². The summed E-state index contributed by atoms with van der Waals surface area (Å²) in [5, 5.41) is 3.04. The van der Waals surface area contributed by atoms with Gasteiger partial charge in [0.25, 0.3) is 5.91 Å². The quantitative estimate of drug-likeness (QED) is 0.750. The number of ether oxygens (including phenoxy) is 3. The van der Waals surface area contributed by atoms with E-state index in [1.54, 1.807) is 37.4 Å². The molecule has 7 heteroatoms. The lowest BCUT2D eigenvalue weighted by molar-refractivity contribution is -0.143. The van der Waals surface area contributed by atoms with E-state index >= 15 is 0 Å². The van der Waals surface area contributed by atoms with E-state index < -0.39 is 5.97 Å². The number of carbonyl (C=O) groups is 2. The average molecular weight is 378 g/mol. The molecule has 2 rings (SSSR count). The van der Waals surface area contributed by atoms with Gasteiger partial charge in [-0.15, -0.1) is 0 Å². The molecule has 0 spiro atoms. The lowest BCUT2D eigenvalue weighted by Gasteiger charge is -2.13. The predicted molar refractivity (Wildman–Crippen MR) is 97.9 cm³/mol. The number of aryl methyl sites for hydroxylation is 1. The van der Waals surface area contributed by atoms with Gasteiger partial charge in [0.1, 0.15) is 13.2 Å². The summed E-state index contributed by atoms with van der Waals surface area (Å²) in [4.78, 5) is 23.8. The molecule has 2 aromatic rings. The monoisotopic (exact) mass is 377 g/mol. The van der Waals surface area contributed by atoms with Crippen molar-refractivity contribution in [1.82, 2.24) is 5.32 Å². The molecule has 0 saturated heterocycles. The molecule has 2 aromatic carbocycles. The molecule has 0 atom stereocenters. The van der Waals surface area contributed by atoms with Gasteiger partial charge in [0.2, 0.25) is 0 Å². The van der Waals surface area contributed by atoms with Crippen molar-refractivity contribution in [2.45, 2.75) is 13.5 Å². The number of benzene rings is 2. The Morgan fingerprint density at radius 1 is 1.04 bits per heavy atom. The molecular formula is C19H20ClNO5. The van der Waals surface area contributed by atoms with Crippen molar-refractivity contribution in [3.8, 4) is 11.5 Å². The highest BCUT2D eigenvalue weighted by molar-refractivity contribution is 6.30. The van der Waals surface area contributed by atoms with Crippen molar-refractivity contribution in [3.05, 3.63) is 58.1 Å².